The van der Waals surface area contributed by atoms with E-state index >= 15 is 0 Å². The number of amides is 6. The van der Waals surface area contributed by atoms with E-state index in [1.54, 1.807) is 0 Å². The van der Waals surface area contributed by atoms with Crippen molar-refractivity contribution in [3.05, 3.63) is 0 Å². The third-order valence-electron chi connectivity index (χ3n) is 5.26. The number of hydrogen-bond acceptors (Lipinski definition) is 12. The molecule has 248 valence electrons. The Morgan fingerprint density at radius 1 is 0.727 bits per heavy atom. The van der Waals surface area contributed by atoms with Gasteiger partial charge < -0.3 is 64.4 Å². The maximum Gasteiger partial charge on any atom is 0.327 e. The van der Waals surface area contributed by atoms with E-state index in [1.807, 2.05) is 5.32 Å². The first kappa shape index (κ1) is 39.3. The maximum absolute atomic E-state index is 12.6. The van der Waals surface area contributed by atoms with E-state index in [-0.39, 0.29) is 24.7 Å². The molecular weight excluding hydrogens is 612 g/mol. The smallest absolute Gasteiger partial charge is 0.327 e. The topological polar surface area (TPSA) is 360 Å². The molecule has 0 rings (SSSR count). The molecule has 0 spiro atoms. The molecule has 0 bridgehead atoms. The molecule has 6 amide bonds. The third-order valence-corrected chi connectivity index (χ3v) is 5.62. The highest BCUT2D eigenvalue weighted by Crippen LogP contribution is 1.97. The Bertz CT molecular complexity index is 1090. The zero-order valence-electron chi connectivity index (χ0n) is 23.4. The number of aliphatic hydroxyl groups is 1. The second kappa shape index (κ2) is 21.1. The summed E-state index contributed by atoms with van der Waals surface area (Å²) in [6.07, 6.45) is -0.387. The van der Waals surface area contributed by atoms with Crippen molar-refractivity contribution in [3.8, 4) is 0 Å². The predicted molar refractivity (Wildman–Crippen MR) is 154 cm³/mol. The highest BCUT2D eigenvalue weighted by atomic mass is 32.1. The van der Waals surface area contributed by atoms with Gasteiger partial charge in [-0.15, -0.1) is 0 Å². The highest BCUT2D eigenvalue weighted by molar-refractivity contribution is 7.80. The number of nitrogens with zero attached hydrogens (tertiary/aromatic N) is 1. The summed E-state index contributed by atoms with van der Waals surface area (Å²) >= 11 is 3.77. The van der Waals surface area contributed by atoms with Crippen molar-refractivity contribution in [1.29, 1.82) is 0 Å². The first-order valence-electron chi connectivity index (χ1n) is 12.8. The lowest BCUT2D eigenvalue weighted by Gasteiger charge is -2.21. The Morgan fingerprint density at radius 3 is 1.80 bits per heavy atom. The molecule has 0 aliphatic heterocycles. The summed E-state index contributed by atoms with van der Waals surface area (Å²) in [4.78, 5) is 98.8. The third kappa shape index (κ3) is 17.3. The number of thiol groups is 1. The van der Waals surface area contributed by atoms with Crippen LogP contribution in [-0.2, 0) is 38.4 Å². The van der Waals surface area contributed by atoms with E-state index in [0.29, 0.717) is 6.42 Å². The van der Waals surface area contributed by atoms with Gasteiger partial charge in [0.05, 0.1) is 38.7 Å². The summed E-state index contributed by atoms with van der Waals surface area (Å²) in [7, 11) is 0. The van der Waals surface area contributed by atoms with Crippen LogP contribution in [0.15, 0.2) is 4.99 Å². The molecule has 4 atom stereocenters. The molecule has 0 aromatic carbocycles. The standard InChI is InChI=1S/C22H38N10O11S/c23-10(2-1-3-26-22(24)25)18(39)28-7-16(36)30-11(4-17(37)38)20(41)32-12(8-33)19(40)29-5-14(34)27-6-15(35)31-13(9-44)21(42)43/h10-13,33,44H,1-9,23H2,(H,27,34)(H,28,39)(H,29,40)(H,30,36)(H,31,35)(H,32,41)(H,37,38)(H,42,43)(H4,24,25,26)/t10-,11-,12-,13-/m0/s1. The maximum atomic E-state index is 12.6. The van der Waals surface area contributed by atoms with Gasteiger partial charge in [0.2, 0.25) is 35.4 Å². The number of guanidine groups is 1. The molecule has 0 aromatic heterocycles. The molecule has 0 radical (unpaired) electrons. The zero-order chi connectivity index (χ0) is 33.8. The van der Waals surface area contributed by atoms with Gasteiger partial charge in [-0.05, 0) is 12.8 Å². The molecule has 0 unspecified atom stereocenters. The number of aliphatic imine (C=N–C) groups is 1. The first-order valence-corrected chi connectivity index (χ1v) is 13.4. The molecular formula is C22H38N10O11S. The van der Waals surface area contributed by atoms with Crippen molar-refractivity contribution >= 4 is 66.0 Å². The summed E-state index contributed by atoms with van der Waals surface area (Å²) in [5.41, 5.74) is 16.1. The lowest BCUT2D eigenvalue weighted by molar-refractivity contribution is -0.141. The highest BCUT2D eigenvalue weighted by Gasteiger charge is 2.29. The fourth-order valence-electron chi connectivity index (χ4n) is 3.01. The fraction of sp³-hybridized carbons (Fsp3) is 0.591. The summed E-state index contributed by atoms with van der Waals surface area (Å²) in [5, 5.41) is 40.2. The van der Waals surface area contributed by atoms with Gasteiger partial charge in [0, 0.05) is 12.3 Å². The van der Waals surface area contributed by atoms with Gasteiger partial charge in [-0.3, -0.25) is 38.6 Å². The van der Waals surface area contributed by atoms with Crippen LogP contribution in [-0.4, -0.2) is 131 Å². The van der Waals surface area contributed by atoms with Crippen LogP contribution in [0.5, 0.6) is 0 Å². The molecule has 0 fully saturated rings. The summed E-state index contributed by atoms with van der Waals surface area (Å²) < 4.78 is 0. The second-order valence-electron chi connectivity index (χ2n) is 8.87. The Balaban J connectivity index is 4.88. The number of nitrogens with one attached hydrogen (secondary N) is 6. The fourth-order valence-corrected chi connectivity index (χ4v) is 3.25. The molecule has 0 saturated heterocycles. The molecule has 0 aliphatic rings. The molecule has 0 heterocycles. The van der Waals surface area contributed by atoms with Gasteiger partial charge in [-0.2, -0.15) is 12.6 Å². The number of carbonyl (C=O) groups is 8. The largest absolute Gasteiger partial charge is 0.481 e. The normalized spacial score (nSPS) is 13.1. The van der Waals surface area contributed by atoms with E-state index in [0.717, 1.165) is 0 Å². The van der Waals surface area contributed by atoms with Crippen LogP contribution in [0.2, 0.25) is 0 Å². The summed E-state index contributed by atoms with van der Waals surface area (Å²) in [6.45, 7) is -2.80. The Kier molecular flexibility index (Phi) is 18.8. The summed E-state index contributed by atoms with van der Waals surface area (Å²) in [5.74, 6) is -8.86. The van der Waals surface area contributed by atoms with Crippen molar-refractivity contribution in [2.24, 2.45) is 22.2 Å². The van der Waals surface area contributed by atoms with Crippen LogP contribution >= 0.6 is 12.6 Å². The number of hydrogen-bond donors (Lipinski definition) is 13. The van der Waals surface area contributed by atoms with Gasteiger partial charge in [0.1, 0.15) is 18.1 Å². The van der Waals surface area contributed by atoms with Crippen LogP contribution in [0.4, 0.5) is 0 Å². The zero-order valence-corrected chi connectivity index (χ0v) is 24.3. The van der Waals surface area contributed by atoms with Gasteiger partial charge in [-0.1, -0.05) is 0 Å². The van der Waals surface area contributed by atoms with Crippen LogP contribution in [0, 0.1) is 0 Å². The van der Waals surface area contributed by atoms with E-state index in [9.17, 15) is 43.5 Å². The molecule has 0 aromatic rings. The molecule has 0 aliphatic carbocycles. The van der Waals surface area contributed by atoms with E-state index in [2.05, 4.69) is 44.2 Å². The van der Waals surface area contributed by atoms with E-state index in [4.69, 9.17) is 27.4 Å². The Morgan fingerprint density at radius 2 is 1.27 bits per heavy atom. The average molecular weight is 651 g/mol. The van der Waals surface area contributed by atoms with Gasteiger partial charge in [-0.25, -0.2) is 4.79 Å². The number of nitrogens with two attached hydrogens (primary N) is 3. The van der Waals surface area contributed by atoms with Gasteiger partial charge in [0.25, 0.3) is 0 Å². The number of carboxylic acid groups (broad SMARTS) is 2. The van der Waals surface area contributed by atoms with Crippen LogP contribution in [0.1, 0.15) is 19.3 Å². The number of aliphatic hydroxyl groups excluding tert-OH is 1. The van der Waals surface area contributed by atoms with Crippen LogP contribution in [0.3, 0.4) is 0 Å². The minimum Gasteiger partial charge on any atom is -0.481 e. The monoisotopic (exact) mass is 650 g/mol. The van der Waals surface area contributed by atoms with Crippen molar-refractivity contribution < 1.29 is 53.7 Å². The number of carboxylic acids is 2. The minimum absolute atomic E-state index is 0.129. The molecule has 0 saturated carbocycles. The van der Waals surface area contributed by atoms with Crippen molar-refractivity contribution in [2.45, 2.75) is 43.4 Å². The Labute approximate surface area is 255 Å². The van der Waals surface area contributed by atoms with Crippen molar-refractivity contribution in [3.63, 3.8) is 0 Å². The SMILES string of the molecule is NC(N)=NCCC[C@H](N)C(=O)NCC(=O)N[C@@H](CC(=O)O)C(=O)N[C@@H](CO)C(=O)NCC(=O)NCC(=O)N[C@@H](CS)C(=O)O. The minimum atomic E-state index is -1.74. The molecule has 44 heavy (non-hydrogen) atoms. The average Bonchev–Trinajstić information content (AvgIpc) is 2.95. The lowest BCUT2D eigenvalue weighted by atomic mass is 10.1. The number of rotatable bonds is 21. The van der Waals surface area contributed by atoms with Crippen LogP contribution in [0.25, 0.3) is 0 Å². The molecule has 22 heteroatoms. The van der Waals surface area contributed by atoms with E-state index in [1.165, 1.54) is 0 Å². The lowest BCUT2D eigenvalue weighted by Crippen LogP contribution is -2.57. The van der Waals surface area contributed by atoms with Crippen molar-refractivity contribution in [2.75, 3.05) is 38.5 Å². The predicted octanol–water partition coefficient (Wildman–Crippen LogP) is -7.35. The number of aliphatic carboxylic acids is 2. The van der Waals surface area contributed by atoms with Crippen molar-refractivity contribution in [1.82, 2.24) is 31.9 Å². The second-order valence-corrected chi connectivity index (χ2v) is 9.24. The summed E-state index contributed by atoms with van der Waals surface area (Å²) in [6, 6.07) is -5.72. The van der Waals surface area contributed by atoms with Gasteiger partial charge in [0.15, 0.2) is 5.96 Å². The molecule has 21 nitrogen and oxygen atoms in total. The van der Waals surface area contributed by atoms with E-state index < -0.39 is 104 Å². The van der Waals surface area contributed by atoms with Crippen LogP contribution < -0.4 is 49.1 Å². The number of carbonyl (C=O) groups excluding carboxylic acids is 6. The first-order chi connectivity index (χ1) is 20.6. The Hall–Kier alpha value is -4.70. The van der Waals surface area contributed by atoms with Gasteiger partial charge >= 0.3 is 11.9 Å². The quantitative estimate of drug-likeness (QED) is 0.0238. The molecule has 15 N–H and O–H groups in total.